The molecule has 0 nitrogen and oxygen atoms in total. The summed E-state index contributed by atoms with van der Waals surface area (Å²) in [7, 11) is 0. The Morgan fingerprint density at radius 1 is 0.808 bits per heavy atom. The molecule has 0 aromatic carbocycles. The summed E-state index contributed by atoms with van der Waals surface area (Å²) in [5.41, 5.74) is 1.53. The number of hydrogen-bond acceptors (Lipinski definition) is 0. The van der Waals surface area contributed by atoms with E-state index in [0.717, 1.165) is 17.8 Å². The second-order valence-corrected chi connectivity index (χ2v) is 9.18. The second-order valence-electron chi connectivity index (χ2n) is 9.18. The summed E-state index contributed by atoms with van der Waals surface area (Å²) in [6, 6.07) is 0. The molecule has 0 bridgehead atoms. The van der Waals surface area contributed by atoms with Crippen molar-refractivity contribution in [2.24, 2.45) is 17.8 Å². The molecule has 1 aliphatic rings. The van der Waals surface area contributed by atoms with Gasteiger partial charge in [0.15, 0.2) is 0 Å². The Balaban J connectivity index is 2.22. The molecule has 0 heteroatoms. The number of hydrogen-bond donors (Lipinski definition) is 0. The van der Waals surface area contributed by atoms with Gasteiger partial charge in [-0.05, 0) is 56.3 Å². The molecule has 0 aromatic heterocycles. The first-order chi connectivity index (χ1) is 12.7. The van der Waals surface area contributed by atoms with Crippen LogP contribution in [-0.4, -0.2) is 0 Å². The van der Waals surface area contributed by atoms with Crippen LogP contribution in [0.25, 0.3) is 0 Å². The van der Waals surface area contributed by atoms with E-state index in [9.17, 15) is 0 Å². The fraction of sp³-hybridized carbons (Fsp3) is 0.923. The molecule has 0 radical (unpaired) electrons. The minimum absolute atomic E-state index is 0.985. The fourth-order valence-electron chi connectivity index (χ4n) is 5.30. The average molecular weight is 363 g/mol. The van der Waals surface area contributed by atoms with Crippen LogP contribution >= 0.6 is 0 Å². The molecule has 3 unspecified atom stereocenters. The fourth-order valence-corrected chi connectivity index (χ4v) is 5.30. The largest absolute Gasteiger partial charge is 0.0999 e. The lowest BCUT2D eigenvalue weighted by molar-refractivity contribution is 0.137. The van der Waals surface area contributed by atoms with Gasteiger partial charge in [0.05, 0.1) is 0 Å². The van der Waals surface area contributed by atoms with Crippen molar-refractivity contribution in [3.05, 3.63) is 12.2 Å². The molecule has 0 saturated heterocycles. The van der Waals surface area contributed by atoms with E-state index in [-0.39, 0.29) is 0 Å². The molecule has 0 heterocycles. The Labute approximate surface area is 166 Å². The minimum Gasteiger partial charge on any atom is -0.0999 e. The third-order valence-corrected chi connectivity index (χ3v) is 7.02. The normalized spacial score (nSPS) is 21.7. The molecule has 1 rings (SSSR count). The smallest absolute Gasteiger partial charge is 0.0323 e. The van der Waals surface area contributed by atoms with Gasteiger partial charge in [-0.2, -0.15) is 0 Å². The first-order valence-electron chi connectivity index (χ1n) is 12.4. The Morgan fingerprint density at radius 3 is 2.19 bits per heavy atom. The van der Waals surface area contributed by atoms with Gasteiger partial charge in [-0.3, -0.25) is 0 Å². The molecule has 0 aromatic rings. The molecule has 3 atom stereocenters. The standard InChI is InChI=1S/C26H50/c1-5-8-10-11-12-13-17-23(4)18-16-21-24(7-3)26-22-15-14-20-25(26)19-9-6-2/h24-26H,4-22H2,1-3H3. The van der Waals surface area contributed by atoms with Gasteiger partial charge in [0, 0.05) is 0 Å². The van der Waals surface area contributed by atoms with Gasteiger partial charge in [-0.25, -0.2) is 0 Å². The molecule has 154 valence electrons. The lowest BCUT2D eigenvalue weighted by Crippen LogP contribution is -2.27. The maximum Gasteiger partial charge on any atom is -0.0323 e. The Bertz CT molecular complexity index is 329. The van der Waals surface area contributed by atoms with Crippen LogP contribution in [-0.2, 0) is 0 Å². The van der Waals surface area contributed by atoms with E-state index in [0.29, 0.717) is 0 Å². The zero-order chi connectivity index (χ0) is 19.0. The van der Waals surface area contributed by atoms with Crippen LogP contribution in [0.15, 0.2) is 12.2 Å². The van der Waals surface area contributed by atoms with Crippen molar-refractivity contribution >= 4 is 0 Å². The van der Waals surface area contributed by atoms with Crippen LogP contribution in [0.2, 0.25) is 0 Å². The van der Waals surface area contributed by atoms with Crippen LogP contribution in [0.5, 0.6) is 0 Å². The molecule has 0 spiro atoms. The zero-order valence-corrected chi connectivity index (χ0v) is 18.7. The summed E-state index contributed by atoms with van der Waals surface area (Å²) in [6.45, 7) is 11.5. The highest BCUT2D eigenvalue weighted by atomic mass is 14.3. The van der Waals surface area contributed by atoms with E-state index < -0.39 is 0 Å². The molecule has 0 N–H and O–H groups in total. The topological polar surface area (TPSA) is 0 Å². The summed E-state index contributed by atoms with van der Waals surface area (Å²) >= 11 is 0. The van der Waals surface area contributed by atoms with Crippen LogP contribution in [0.1, 0.15) is 136 Å². The van der Waals surface area contributed by atoms with Gasteiger partial charge in [0.2, 0.25) is 0 Å². The summed E-state index contributed by atoms with van der Waals surface area (Å²) in [6.07, 6.45) is 25.6. The number of unbranched alkanes of at least 4 members (excludes halogenated alkanes) is 6. The van der Waals surface area contributed by atoms with Crippen molar-refractivity contribution in [3.8, 4) is 0 Å². The SMILES string of the molecule is C=C(CCCCCCCC)CCCC(CC)C1CCCCC1CCCC. The van der Waals surface area contributed by atoms with Gasteiger partial charge < -0.3 is 0 Å². The third kappa shape index (κ3) is 10.2. The van der Waals surface area contributed by atoms with Crippen molar-refractivity contribution in [1.29, 1.82) is 0 Å². The predicted molar refractivity (Wildman–Crippen MR) is 120 cm³/mol. The molecular weight excluding hydrogens is 312 g/mol. The van der Waals surface area contributed by atoms with Crippen molar-refractivity contribution in [1.82, 2.24) is 0 Å². The van der Waals surface area contributed by atoms with E-state index in [2.05, 4.69) is 27.4 Å². The maximum absolute atomic E-state index is 4.38. The highest BCUT2D eigenvalue weighted by molar-refractivity contribution is 4.94. The minimum atomic E-state index is 0.985. The van der Waals surface area contributed by atoms with Crippen molar-refractivity contribution < 1.29 is 0 Å². The lowest BCUT2D eigenvalue weighted by Gasteiger charge is -2.37. The highest BCUT2D eigenvalue weighted by Gasteiger charge is 2.30. The Morgan fingerprint density at radius 2 is 1.46 bits per heavy atom. The molecular formula is C26H50. The van der Waals surface area contributed by atoms with E-state index in [1.807, 2.05) is 0 Å². The van der Waals surface area contributed by atoms with Gasteiger partial charge in [0.25, 0.3) is 0 Å². The Hall–Kier alpha value is -0.260. The Kier molecular flexibility index (Phi) is 14.4. The molecule has 0 amide bonds. The summed E-state index contributed by atoms with van der Waals surface area (Å²) in [5.74, 6) is 3.06. The summed E-state index contributed by atoms with van der Waals surface area (Å²) in [5, 5.41) is 0. The van der Waals surface area contributed by atoms with Crippen LogP contribution < -0.4 is 0 Å². The number of allylic oxidation sites excluding steroid dienone is 1. The van der Waals surface area contributed by atoms with E-state index in [1.54, 1.807) is 0 Å². The van der Waals surface area contributed by atoms with E-state index in [1.165, 1.54) is 121 Å². The maximum atomic E-state index is 4.38. The molecule has 26 heavy (non-hydrogen) atoms. The molecule has 0 aliphatic heterocycles. The van der Waals surface area contributed by atoms with E-state index in [4.69, 9.17) is 0 Å². The highest BCUT2D eigenvalue weighted by Crippen LogP contribution is 2.41. The van der Waals surface area contributed by atoms with Gasteiger partial charge in [0.1, 0.15) is 0 Å². The van der Waals surface area contributed by atoms with Gasteiger partial charge >= 0.3 is 0 Å². The second kappa shape index (κ2) is 15.8. The quantitative estimate of drug-likeness (QED) is 0.189. The predicted octanol–water partition coefficient (Wildman–Crippen LogP) is 9.49. The van der Waals surface area contributed by atoms with E-state index >= 15 is 0 Å². The molecule has 1 aliphatic carbocycles. The van der Waals surface area contributed by atoms with Gasteiger partial charge in [-0.15, -0.1) is 0 Å². The van der Waals surface area contributed by atoms with Crippen LogP contribution in [0.3, 0.4) is 0 Å². The van der Waals surface area contributed by atoms with Crippen LogP contribution in [0.4, 0.5) is 0 Å². The summed E-state index contributed by atoms with van der Waals surface area (Å²) in [4.78, 5) is 0. The monoisotopic (exact) mass is 362 g/mol. The van der Waals surface area contributed by atoms with Crippen LogP contribution in [0, 0.1) is 17.8 Å². The first kappa shape index (κ1) is 23.8. The van der Waals surface area contributed by atoms with Crippen molar-refractivity contribution in [2.75, 3.05) is 0 Å². The molecule has 1 fully saturated rings. The van der Waals surface area contributed by atoms with Crippen molar-refractivity contribution in [2.45, 2.75) is 136 Å². The summed E-state index contributed by atoms with van der Waals surface area (Å²) < 4.78 is 0. The zero-order valence-electron chi connectivity index (χ0n) is 18.7. The van der Waals surface area contributed by atoms with Gasteiger partial charge in [-0.1, -0.05) is 110 Å². The van der Waals surface area contributed by atoms with Crippen molar-refractivity contribution in [3.63, 3.8) is 0 Å². The first-order valence-corrected chi connectivity index (χ1v) is 12.4. The average Bonchev–Trinajstić information content (AvgIpc) is 2.66. The number of rotatable bonds is 16. The molecule has 1 saturated carbocycles. The third-order valence-electron chi connectivity index (χ3n) is 7.02. The lowest BCUT2D eigenvalue weighted by atomic mass is 9.68.